The van der Waals surface area contributed by atoms with Crippen LogP contribution in [0.3, 0.4) is 0 Å². The van der Waals surface area contributed by atoms with Gasteiger partial charge in [0.25, 0.3) is 5.91 Å². The van der Waals surface area contributed by atoms with Crippen LogP contribution < -0.4 is 10.1 Å². The summed E-state index contributed by atoms with van der Waals surface area (Å²) in [5.41, 5.74) is 5.24. The third kappa shape index (κ3) is 4.56. The Morgan fingerprint density at radius 1 is 1.00 bits per heavy atom. The number of para-hydroxylation sites is 1. The molecule has 1 N–H and O–H groups in total. The molecule has 0 atom stereocenters. The van der Waals surface area contributed by atoms with Gasteiger partial charge >= 0.3 is 0 Å². The summed E-state index contributed by atoms with van der Waals surface area (Å²) >= 11 is 0. The van der Waals surface area contributed by atoms with Crippen molar-refractivity contribution in [3.05, 3.63) is 94.0 Å². The number of hydrogen-bond acceptors (Lipinski definition) is 5. The quantitative estimate of drug-likeness (QED) is 0.447. The van der Waals surface area contributed by atoms with Gasteiger partial charge in [-0.05, 0) is 49.9 Å². The number of hydrogen-bond donors (Lipinski definition) is 1. The van der Waals surface area contributed by atoms with Crippen LogP contribution in [0.4, 0.5) is 5.82 Å². The molecule has 4 rings (SSSR count). The van der Waals surface area contributed by atoms with Crippen molar-refractivity contribution < 1.29 is 14.1 Å². The van der Waals surface area contributed by atoms with Crippen LogP contribution in [0.1, 0.15) is 44.1 Å². The van der Waals surface area contributed by atoms with Crippen LogP contribution in [0.15, 0.2) is 59.3 Å². The first-order chi connectivity index (χ1) is 15.4. The van der Waals surface area contributed by atoms with E-state index in [-0.39, 0.29) is 18.2 Å². The average Bonchev–Trinajstić information content (AvgIpc) is 3.35. The molecular weight excluding hydrogens is 404 g/mol. The maximum Gasteiger partial charge on any atom is 0.279 e. The summed E-state index contributed by atoms with van der Waals surface area (Å²) in [7, 11) is 0. The van der Waals surface area contributed by atoms with Gasteiger partial charge in [-0.15, -0.1) is 0 Å². The molecular formula is C25H26N4O3. The van der Waals surface area contributed by atoms with E-state index in [1.807, 2.05) is 50.4 Å². The van der Waals surface area contributed by atoms with Crippen LogP contribution >= 0.6 is 0 Å². The van der Waals surface area contributed by atoms with Crippen LogP contribution in [0.2, 0.25) is 0 Å². The highest BCUT2D eigenvalue weighted by atomic mass is 16.5. The Morgan fingerprint density at radius 2 is 1.72 bits per heavy atom. The minimum atomic E-state index is -0.386. The van der Waals surface area contributed by atoms with E-state index in [2.05, 4.69) is 34.6 Å². The summed E-state index contributed by atoms with van der Waals surface area (Å²) in [6.07, 6.45) is 1.83. The fourth-order valence-corrected chi connectivity index (χ4v) is 3.56. The number of aromatic nitrogens is 3. The van der Waals surface area contributed by atoms with Crippen molar-refractivity contribution in [1.82, 2.24) is 14.9 Å². The Labute approximate surface area is 187 Å². The van der Waals surface area contributed by atoms with Gasteiger partial charge in [-0.2, -0.15) is 5.10 Å². The third-order valence-corrected chi connectivity index (χ3v) is 5.45. The van der Waals surface area contributed by atoms with E-state index in [9.17, 15) is 4.79 Å². The second-order valence-electron chi connectivity index (χ2n) is 7.85. The van der Waals surface area contributed by atoms with Gasteiger partial charge in [0.15, 0.2) is 11.5 Å². The zero-order valence-corrected chi connectivity index (χ0v) is 18.7. The Kier molecular flexibility index (Phi) is 6.07. The Hall–Kier alpha value is -3.87. The first-order valence-electron chi connectivity index (χ1n) is 10.5. The standard InChI is InChI=1S/C25H26N4O3/c1-16-8-5-6-11-20(16)14-29-13-12-22(27-29)26-25(30)23-21(19(4)32-28-23)15-31-24-17(2)9-7-10-18(24)3/h5-13H,14-15H2,1-4H3,(H,26,27,30). The zero-order valence-electron chi connectivity index (χ0n) is 18.7. The Balaban J connectivity index is 1.46. The van der Waals surface area contributed by atoms with Gasteiger partial charge in [-0.25, -0.2) is 0 Å². The van der Waals surface area contributed by atoms with Gasteiger partial charge in [-0.3, -0.25) is 9.48 Å². The SMILES string of the molecule is Cc1ccccc1Cn1ccc(NC(=O)c2noc(C)c2COc2c(C)cccc2C)n1. The van der Waals surface area contributed by atoms with E-state index in [1.54, 1.807) is 17.7 Å². The molecule has 0 saturated heterocycles. The molecule has 0 aliphatic rings. The lowest BCUT2D eigenvalue weighted by Crippen LogP contribution is -2.16. The van der Waals surface area contributed by atoms with E-state index in [0.29, 0.717) is 23.7 Å². The first kappa shape index (κ1) is 21.4. The van der Waals surface area contributed by atoms with E-state index in [4.69, 9.17) is 9.26 Å². The highest BCUT2D eigenvalue weighted by Crippen LogP contribution is 2.25. The van der Waals surface area contributed by atoms with Gasteiger partial charge in [0.1, 0.15) is 18.1 Å². The molecule has 0 aliphatic heterocycles. The topological polar surface area (TPSA) is 82.2 Å². The van der Waals surface area contributed by atoms with Gasteiger partial charge in [-0.1, -0.05) is 47.6 Å². The second kappa shape index (κ2) is 9.09. The molecule has 0 bridgehead atoms. The smallest absolute Gasteiger partial charge is 0.279 e. The van der Waals surface area contributed by atoms with Crippen molar-refractivity contribution in [2.45, 2.75) is 40.8 Å². The molecule has 32 heavy (non-hydrogen) atoms. The molecule has 2 aromatic heterocycles. The number of amides is 1. The minimum Gasteiger partial charge on any atom is -0.488 e. The van der Waals surface area contributed by atoms with Crippen molar-refractivity contribution in [2.75, 3.05) is 5.32 Å². The van der Waals surface area contributed by atoms with Gasteiger partial charge in [0, 0.05) is 12.3 Å². The van der Waals surface area contributed by atoms with E-state index < -0.39 is 0 Å². The maximum atomic E-state index is 12.9. The molecule has 2 heterocycles. The fraction of sp³-hybridized carbons (Fsp3) is 0.240. The van der Waals surface area contributed by atoms with Crippen LogP contribution in [0.5, 0.6) is 5.75 Å². The number of nitrogens with zero attached hydrogens (tertiary/aromatic N) is 3. The van der Waals surface area contributed by atoms with Gasteiger partial charge in [0.05, 0.1) is 12.1 Å². The Bertz CT molecular complexity index is 1240. The van der Waals surface area contributed by atoms with Crippen molar-refractivity contribution in [1.29, 1.82) is 0 Å². The summed E-state index contributed by atoms with van der Waals surface area (Å²) < 4.78 is 13.1. The zero-order chi connectivity index (χ0) is 22.7. The fourth-order valence-electron chi connectivity index (χ4n) is 3.56. The van der Waals surface area contributed by atoms with Crippen molar-refractivity contribution >= 4 is 11.7 Å². The van der Waals surface area contributed by atoms with Crippen LogP contribution in [0.25, 0.3) is 0 Å². The maximum absolute atomic E-state index is 12.9. The molecule has 7 nitrogen and oxygen atoms in total. The van der Waals surface area contributed by atoms with E-state index in [0.717, 1.165) is 16.9 Å². The molecule has 1 amide bonds. The molecule has 7 heteroatoms. The van der Waals surface area contributed by atoms with Gasteiger partial charge in [0.2, 0.25) is 0 Å². The highest BCUT2D eigenvalue weighted by Gasteiger charge is 2.21. The summed E-state index contributed by atoms with van der Waals surface area (Å²) in [6.45, 7) is 8.62. The van der Waals surface area contributed by atoms with Crippen molar-refractivity contribution in [2.24, 2.45) is 0 Å². The number of nitrogens with one attached hydrogen (secondary N) is 1. The molecule has 0 radical (unpaired) electrons. The molecule has 0 spiro atoms. The van der Waals surface area contributed by atoms with Crippen molar-refractivity contribution in [3.63, 3.8) is 0 Å². The van der Waals surface area contributed by atoms with Crippen LogP contribution in [0, 0.1) is 27.7 Å². The number of ether oxygens (including phenoxy) is 1. The lowest BCUT2D eigenvalue weighted by Gasteiger charge is -2.12. The lowest BCUT2D eigenvalue weighted by atomic mass is 10.1. The van der Waals surface area contributed by atoms with Crippen LogP contribution in [-0.2, 0) is 13.2 Å². The molecule has 0 fully saturated rings. The van der Waals surface area contributed by atoms with Crippen molar-refractivity contribution in [3.8, 4) is 5.75 Å². The van der Waals surface area contributed by atoms with E-state index >= 15 is 0 Å². The molecule has 0 aliphatic carbocycles. The summed E-state index contributed by atoms with van der Waals surface area (Å²) in [5.74, 6) is 1.41. The average molecular weight is 431 g/mol. The number of anilines is 1. The van der Waals surface area contributed by atoms with Crippen LogP contribution in [-0.4, -0.2) is 20.8 Å². The Morgan fingerprint density at radius 3 is 2.47 bits per heavy atom. The molecule has 2 aromatic carbocycles. The number of benzene rings is 2. The third-order valence-electron chi connectivity index (χ3n) is 5.45. The molecule has 0 saturated carbocycles. The normalized spacial score (nSPS) is 10.9. The minimum absolute atomic E-state index is 0.186. The second-order valence-corrected chi connectivity index (χ2v) is 7.85. The van der Waals surface area contributed by atoms with Gasteiger partial charge < -0.3 is 14.6 Å². The number of carbonyl (C=O) groups excluding carboxylic acids is 1. The molecule has 164 valence electrons. The predicted molar refractivity (Wildman–Crippen MR) is 122 cm³/mol. The number of carbonyl (C=O) groups is 1. The summed E-state index contributed by atoms with van der Waals surface area (Å²) in [6, 6.07) is 15.9. The monoisotopic (exact) mass is 430 g/mol. The summed E-state index contributed by atoms with van der Waals surface area (Å²) in [4.78, 5) is 12.9. The molecule has 4 aromatic rings. The highest BCUT2D eigenvalue weighted by molar-refractivity contribution is 6.03. The largest absolute Gasteiger partial charge is 0.488 e. The predicted octanol–water partition coefficient (Wildman–Crippen LogP) is 4.98. The number of rotatable bonds is 7. The number of aryl methyl sites for hydroxylation is 4. The van der Waals surface area contributed by atoms with E-state index in [1.165, 1.54) is 11.1 Å². The summed E-state index contributed by atoms with van der Waals surface area (Å²) in [5, 5.41) is 11.2. The lowest BCUT2D eigenvalue weighted by molar-refractivity contribution is 0.101. The first-order valence-corrected chi connectivity index (χ1v) is 10.5. The molecule has 0 unspecified atom stereocenters.